The first-order chi connectivity index (χ1) is 16.1. The molecule has 1 atom stereocenters. The Morgan fingerprint density at radius 3 is 2.55 bits per heavy atom. The molecule has 3 aromatic rings. The average molecular weight is 445 g/mol. The molecule has 1 saturated heterocycles. The summed E-state index contributed by atoms with van der Waals surface area (Å²) in [5.41, 5.74) is 3.29. The van der Waals surface area contributed by atoms with Gasteiger partial charge in [0.25, 0.3) is 0 Å². The number of nitrogens with zero attached hydrogens (tertiary/aromatic N) is 4. The van der Waals surface area contributed by atoms with Crippen molar-refractivity contribution < 1.29 is 9.90 Å². The number of piperidine rings is 1. The monoisotopic (exact) mass is 444 g/mol. The molecule has 0 aliphatic carbocycles. The van der Waals surface area contributed by atoms with E-state index in [2.05, 4.69) is 58.2 Å². The molecule has 1 fully saturated rings. The third kappa shape index (κ3) is 5.89. The minimum absolute atomic E-state index is 0.206. The normalized spacial score (nSPS) is 15.9. The first kappa shape index (κ1) is 22.8. The molecule has 0 radical (unpaired) electrons. The van der Waals surface area contributed by atoms with Crippen LogP contribution < -0.4 is 9.80 Å². The van der Waals surface area contributed by atoms with Crippen molar-refractivity contribution in [2.45, 2.75) is 44.6 Å². The van der Waals surface area contributed by atoms with E-state index in [4.69, 9.17) is 4.98 Å². The van der Waals surface area contributed by atoms with E-state index in [9.17, 15) is 9.90 Å². The van der Waals surface area contributed by atoms with Crippen LogP contribution in [0.25, 0.3) is 0 Å². The quantitative estimate of drug-likeness (QED) is 0.509. The summed E-state index contributed by atoms with van der Waals surface area (Å²) < 4.78 is 0. The summed E-state index contributed by atoms with van der Waals surface area (Å²) in [7, 11) is 2.06. The molecule has 2 heterocycles. The van der Waals surface area contributed by atoms with Crippen LogP contribution >= 0.6 is 0 Å². The van der Waals surface area contributed by atoms with Gasteiger partial charge >= 0.3 is 5.97 Å². The summed E-state index contributed by atoms with van der Waals surface area (Å²) in [6, 6.07) is 21.0. The number of hydrogen-bond donors (Lipinski definition) is 1. The number of hydrogen-bond acceptors (Lipinski definition) is 5. The van der Waals surface area contributed by atoms with Crippen LogP contribution in [0.4, 0.5) is 11.6 Å². The van der Waals surface area contributed by atoms with Gasteiger partial charge in [0.15, 0.2) is 0 Å². The number of carboxylic acid groups (broad SMARTS) is 1. The average Bonchev–Trinajstić information content (AvgIpc) is 2.85. The Kier molecular flexibility index (Phi) is 7.55. The van der Waals surface area contributed by atoms with Gasteiger partial charge in [-0.2, -0.15) is 0 Å². The van der Waals surface area contributed by atoms with Crippen LogP contribution in [0.3, 0.4) is 0 Å². The van der Waals surface area contributed by atoms with E-state index >= 15 is 0 Å². The predicted octanol–water partition coefficient (Wildman–Crippen LogP) is 4.85. The summed E-state index contributed by atoms with van der Waals surface area (Å²) in [5, 5.41) is 9.70. The zero-order valence-corrected chi connectivity index (χ0v) is 19.2. The van der Waals surface area contributed by atoms with Gasteiger partial charge in [0, 0.05) is 38.1 Å². The molecule has 1 unspecified atom stereocenters. The number of rotatable bonds is 9. The van der Waals surface area contributed by atoms with E-state index in [1.54, 1.807) is 0 Å². The first-order valence-corrected chi connectivity index (χ1v) is 11.8. The minimum atomic E-state index is -0.965. The van der Waals surface area contributed by atoms with Gasteiger partial charge in [0.2, 0.25) is 5.95 Å². The Hall–Kier alpha value is -3.41. The molecule has 1 aliphatic heterocycles. The summed E-state index contributed by atoms with van der Waals surface area (Å²) in [5.74, 6) is -0.306. The lowest BCUT2D eigenvalue weighted by Gasteiger charge is -2.36. The van der Waals surface area contributed by atoms with E-state index in [0.29, 0.717) is 24.1 Å². The Balaban J connectivity index is 1.49. The van der Waals surface area contributed by atoms with Crippen molar-refractivity contribution in [1.29, 1.82) is 0 Å². The van der Waals surface area contributed by atoms with Crippen molar-refractivity contribution >= 4 is 17.6 Å². The van der Waals surface area contributed by atoms with Crippen molar-refractivity contribution in [2.75, 3.05) is 29.9 Å². The standard InChI is InChI=1S/C27H32N4O2/c1-30(22-13-6-3-7-14-22)17-10-16-25-24(26(32)33)20-28-27(29-25)31-18-9-8-15-23(31)19-21-11-4-2-5-12-21/h2-7,11-14,20,23H,8-10,15-19H2,1H3,(H,32,33). The second-order valence-electron chi connectivity index (χ2n) is 8.73. The molecule has 2 aromatic carbocycles. The Morgan fingerprint density at radius 1 is 1.09 bits per heavy atom. The summed E-state index contributed by atoms with van der Waals surface area (Å²) in [6.07, 6.45) is 7.25. The molecule has 1 aromatic heterocycles. The van der Waals surface area contributed by atoms with Gasteiger partial charge in [-0.15, -0.1) is 0 Å². The molecule has 6 nitrogen and oxygen atoms in total. The van der Waals surface area contributed by atoms with Crippen LogP contribution in [-0.4, -0.2) is 47.2 Å². The number of carboxylic acids is 1. The third-order valence-electron chi connectivity index (χ3n) is 6.39. The molecule has 4 rings (SSSR count). The number of aryl methyl sites for hydroxylation is 1. The molecular weight excluding hydrogens is 412 g/mol. The maximum Gasteiger partial charge on any atom is 0.339 e. The lowest BCUT2D eigenvalue weighted by atomic mass is 9.96. The Bertz CT molecular complexity index is 1040. The Morgan fingerprint density at radius 2 is 1.82 bits per heavy atom. The van der Waals surface area contributed by atoms with Crippen molar-refractivity contribution in [3.8, 4) is 0 Å². The van der Waals surface area contributed by atoms with Gasteiger partial charge in [0.1, 0.15) is 0 Å². The SMILES string of the molecule is CN(CCCc1nc(N2CCCCC2Cc2ccccc2)ncc1C(=O)O)c1ccccc1. The molecule has 172 valence electrons. The van der Waals surface area contributed by atoms with Gasteiger partial charge in [-0.3, -0.25) is 0 Å². The second kappa shape index (κ2) is 10.9. The highest BCUT2D eigenvalue weighted by atomic mass is 16.4. The van der Waals surface area contributed by atoms with Crippen molar-refractivity contribution in [3.05, 3.63) is 83.7 Å². The molecular formula is C27H32N4O2. The number of aromatic nitrogens is 2. The van der Waals surface area contributed by atoms with Crippen LogP contribution in [-0.2, 0) is 12.8 Å². The van der Waals surface area contributed by atoms with E-state index in [0.717, 1.165) is 44.5 Å². The van der Waals surface area contributed by atoms with Gasteiger partial charge in [0.05, 0.1) is 11.3 Å². The second-order valence-corrected chi connectivity index (χ2v) is 8.73. The van der Waals surface area contributed by atoms with Crippen LogP contribution in [0.5, 0.6) is 0 Å². The van der Waals surface area contributed by atoms with Gasteiger partial charge in [-0.1, -0.05) is 48.5 Å². The van der Waals surface area contributed by atoms with Crippen molar-refractivity contribution in [2.24, 2.45) is 0 Å². The molecule has 0 saturated carbocycles. The zero-order chi connectivity index (χ0) is 23.0. The summed E-state index contributed by atoms with van der Waals surface area (Å²) >= 11 is 0. The van der Waals surface area contributed by atoms with Gasteiger partial charge in [-0.25, -0.2) is 14.8 Å². The fourth-order valence-electron chi connectivity index (χ4n) is 4.57. The topological polar surface area (TPSA) is 69.6 Å². The van der Waals surface area contributed by atoms with Crippen LogP contribution in [0, 0.1) is 0 Å². The fraction of sp³-hybridized carbons (Fsp3) is 0.370. The summed E-state index contributed by atoms with van der Waals surface area (Å²) in [6.45, 7) is 1.73. The smallest absolute Gasteiger partial charge is 0.339 e. The molecule has 0 amide bonds. The molecule has 0 spiro atoms. The van der Waals surface area contributed by atoms with Crippen LogP contribution in [0.2, 0.25) is 0 Å². The van der Waals surface area contributed by atoms with Crippen LogP contribution in [0.1, 0.15) is 47.3 Å². The Labute approximate surface area is 195 Å². The highest BCUT2D eigenvalue weighted by Gasteiger charge is 2.26. The lowest BCUT2D eigenvalue weighted by Crippen LogP contribution is -2.42. The predicted molar refractivity (Wildman–Crippen MR) is 132 cm³/mol. The minimum Gasteiger partial charge on any atom is -0.478 e. The fourth-order valence-corrected chi connectivity index (χ4v) is 4.57. The molecule has 33 heavy (non-hydrogen) atoms. The molecule has 1 N–H and O–H groups in total. The van der Waals surface area contributed by atoms with E-state index < -0.39 is 5.97 Å². The number of carbonyl (C=O) groups is 1. The largest absolute Gasteiger partial charge is 0.478 e. The highest BCUT2D eigenvalue weighted by Crippen LogP contribution is 2.25. The van der Waals surface area contributed by atoms with Crippen molar-refractivity contribution in [3.63, 3.8) is 0 Å². The van der Waals surface area contributed by atoms with E-state index in [1.165, 1.54) is 18.2 Å². The molecule has 6 heteroatoms. The van der Waals surface area contributed by atoms with Gasteiger partial charge < -0.3 is 14.9 Å². The van der Waals surface area contributed by atoms with Gasteiger partial charge in [-0.05, 0) is 56.2 Å². The first-order valence-electron chi connectivity index (χ1n) is 11.8. The van der Waals surface area contributed by atoms with E-state index in [-0.39, 0.29) is 5.56 Å². The maximum absolute atomic E-state index is 11.8. The molecule has 1 aliphatic rings. The van der Waals surface area contributed by atoms with E-state index in [1.807, 2.05) is 24.3 Å². The maximum atomic E-state index is 11.8. The zero-order valence-electron chi connectivity index (χ0n) is 19.2. The number of benzene rings is 2. The highest BCUT2D eigenvalue weighted by molar-refractivity contribution is 5.88. The number of aromatic carboxylic acids is 1. The summed E-state index contributed by atoms with van der Waals surface area (Å²) in [4.78, 5) is 25.6. The molecule has 0 bridgehead atoms. The van der Waals surface area contributed by atoms with Crippen LogP contribution in [0.15, 0.2) is 66.9 Å². The van der Waals surface area contributed by atoms with Crippen molar-refractivity contribution in [1.82, 2.24) is 9.97 Å². The number of anilines is 2. The third-order valence-corrected chi connectivity index (χ3v) is 6.39. The lowest BCUT2D eigenvalue weighted by molar-refractivity contribution is 0.0694. The number of para-hydroxylation sites is 1.